The zero-order valence-electron chi connectivity index (χ0n) is 13.0. The summed E-state index contributed by atoms with van der Waals surface area (Å²) in [6.07, 6.45) is 0. The minimum Gasteiger partial charge on any atom is -0.0836 e. The van der Waals surface area contributed by atoms with Gasteiger partial charge in [-0.15, -0.1) is 0 Å². The first-order valence-corrected chi connectivity index (χ1v) is 8.85. The van der Waals surface area contributed by atoms with Crippen LogP contribution >= 0.6 is 27.5 Å². The number of hydrogen-bond acceptors (Lipinski definition) is 0. The molecule has 1 aliphatic rings. The van der Waals surface area contributed by atoms with Crippen LogP contribution in [0.1, 0.15) is 25.0 Å². The molecule has 3 aromatic rings. The third kappa shape index (κ3) is 2.26. The Morgan fingerprint density at radius 2 is 1.48 bits per heavy atom. The Morgan fingerprint density at radius 3 is 2.22 bits per heavy atom. The van der Waals surface area contributed by atoms with Crippen molar-refractivity contribution in [3.8, 4) is 22.3 Å². The quantitative estimate of drug-likeness (QED) is 0.421. The molecule has 0 aromatic heterocycles. The molecule has 0 heterocycles. The molecule has 0 atom stereocenters. The van der Waals surface area contributed by atoms with Gasteiger partial charge in [0.05, 0.1) is 0 Å². The highest BCUT2D eigenvalue weighted by Gasteiger charge is 2.35. The van der Waals surface area contributed by atoms with E-state index < -0.39 is 0 Å². The van der Waals surface area contributed by atoms with Gasteiger partial charge >= 0.3 is 0 Å². The summed E-state index contributed by atoms with van der Waals surface area (Å²) in [6.45, 7) is 4.58. The number of benzene rings is 3. The number of fused-ring (bicyclic) bond motifs is 3. The third-order valence-electron chi connectivity index (χ3n) is 4.83. The smallest absolute Gasteiger partial charge is 0.0490 e. The van der Waals surface area contributed by atoms with Gasteiger partial charge in [-0.25, -0.2) is 0 Å². The normalized spacial score (nSPS) is 14.4. The first-order chi connectivity index (χ1) is 11.0. The van der Waals surface area contributed by atoms with E-state index in [-0.39, 0.29) is 5.41 Å². The molecular formula is C21H16BrCl. The lowest BCUT2D eigenvalue weighted by Crippen LogP contribution is -2.14. The van der Waals surface area contributed by atoms with E-state index in [9.17, 15) is 0 Å². The highest BCUT2D eigenvalue weighted by Crippen LogP contribution is 2.51. The molecule has 0 N–H and O–H groups in total. The molecule has 4 rings (SSSR count). The second-order valence-corrected chi connectivity index (χ2v) is 7.88. The molecule has 0 aliphatic heterocycles. The van der Waals surface area contributed by atoms with Crippen molar-refractivity contribution in [3.05, 3.63) is 81.3 Å². The van der Waals surface area contributed by atoms with E-state index in [4.69, 9.17) is 11.6 Å². The highest BCUT2D eigenvalue weighted by molar-refractivity contribution is 9.10. The molecule has 0 saturated heterocycles. The van der Waals surface area contributed by atoms with Crippen molar-refractivity contribution in [1.82, 2.24) is 0 Å². The molecule has 114 valence electrons. The van der Waals surface area contributed by atoms with Crippen LogP contribution in [0.15, 0.2) is 65.1 Å². The lowest BCUT2D eigenvalue weighted by atomic mass is 9.81. The Morgan fingerprint density at radius 1 is 0.783 bits per heavy atom. The van der Waals surface area contributed by atoms with Crippen LogP contribution < -0.4 is 0 Å². The molecule has 23 heavy (non-hydrogen) atoms. The van der Waals surface area contributed by atoms with Crippen molar-refractivity contribution in [1.29, 1.82) is 0 Å². The summed E-state index contributed by atoms with van der Waals surface area (Å²) in [4.78, 5) is 0. The molecule has 0 unspecified atom stereocenters. The Kier molecular flexibility index (Phi) is 3.40. The van der Waals surface area contributed by atoms with E-state index in [1.54, 1.807) is 0 Å². The van der Waals surface area contributed by atoms with E-state index in [0.29, 0.717) is 0 Å². The number of halogens is 2. The minimum absolute atomic E-state index is 0.000624. The van der Waals surface area contributed by atoms with Gasteiger partial charge in [-0.05, 0) is 52.1 Å². The van der Waals surface area contributed by atoms with Crippen LogP contribution in [0.25, 0.3) is 22.3 Å². The fourth-order valence-electron chi connectivity index (χ4n) is 3.57. The van der Waals surface area contributed by atoms with Crippen molar-refractivity contribution in [3.63, 3.8) is 0 Å². The Bertz CT molecular complexity index is 908. The SMILES string of the molecule is CC1(C)c2ccccc2-c2cc(Cl)c(-c3ccc(Br)cc3)cc21. The first-order valence-electron chi connectivity index (χ1n) is 7.68. The maximum Gasteiger partial charge on any atom is 0.0490 e. The minimum atomic E-state index is 0.000624. The molecule has 1 aliphatic carbocycles. The van der Waals surface area contributed by atoms with E-state index in [1.165, 1.54) is 22.3 Å². The summed E-state index contributed by atoms with van der Waals surface area (Å²) in [6, 6.07) is 21.3. The molecule has 0 nitrogen and oxygen atoms in total. The van der Waals surface area contributed by atoms with Crippen molar-refractivity contribution < 1.29 is 0 Å². The summed E-state index contributed by atoms with van der Waals surface area (Å²) in [5.74, 6) is 0. The molecular weight excluding hydrogens is 368 g/mol. The second kappa shape index (κ2) is 5.22. The molecule has 0 fully saturated rings. The standard InChI is InChI=1S/C21H16BrCl/c1-21(2)18-6-4-3-5-15(18)17-12-20(23)16(11-19(17)21)13-7-9-14(22)10-8-13/h3-12H,1-2H3. The zero-order chi connectivity index (χ0) is 16.2. The van der Waals surface area contributed by atoms with Crippen LogP contribution in [0.3, 0.4) is 0 Å². The van der Waals surface area contributed by atoms with Crippen molar-refractivity contribution in [2.45, 2.75) is 19.3 Å². The molecule has 3 aromatic carbocycles. The molecule has 0 amide bonds. The van der Waals surface area contributed by atoms with E-state index in [1.807, 2.05) is 0 Å². The van der Waals surface area contributed by atoms with Crippen LogP contribution in [-0.4, -0.2) is 0 Å². The molecule has 0 saturated carbocycles. The van der Waals surface area contributed by atoms with Crippen molar-refractivity contribution in [2.75, 3.05) is 0 Å². The number of hydrogen-bond donors (Lipinski definition) is 0. The van der Waals surface area contributed by atoms with Gasteiger partial charge in [0.15, 0.2) is 0 Å². The van der Waals surface area contributed by atoms with Gasteiger partial charge in [-0.1, -0.05) is 77.8 Å². The molecule has 0 spiro atoms. The van der Waals surface area contributed by atoms with Crippen molar-refractivity contribution in [2.24, 2.45) is 0 Å². The fraction of sp³-hybridized carbons (Fsp3) is 0.143. The van der Waals surface area contributed by atoms with Crippen LogP contribution in [0, 0.1) is 0 Å². The average Bonchev–Trinajstić information content (AvgIpc) is 2.76. The van der Waals surface area contributed by atoms with Gasteiger partial charge < -0.3 is 0 Å². The Labute approximate surface area is 150 Å². The second-order valence-electron chi connectivity index (χ2n) is 6.56. The van der Waals surface area contributed by atoms with Gasteiger partial charge in [0.2, 0.25) is 0 Å². The van der Waals surface area contributed by atoms with Crippen LogP contribution in [0.4, 0.5) is 0 Å². The largest absolute Gasteiger partial charge is 0.0836 e. The zero-order valence-corrected chi connectivity index (χ0v) is 15.4. The lowest BCUT2D eigenvalue weighted by molar-refractivity contribution is 0.660. The molecule has 2 heteroatoms. The lowest BCUT2D eigenvalue weighted by Gasteiger charge is -2.22. The first kappa shape index (κ1) is 15.0. The van der Waals surface area contributed by atoms with E-state index in [2.05, 4.69) is 90.4 Å². The van der Waals surface area contributed by atoms with Crippen LogP contribution in [0.5, 0.6) is 0 Å². The predicted octanol–water partition coefficient (Wildman–Crippen LogP) is 7.08. The van der Waals surface area contributed by atoms with Gasteiger partial charge in [0, 0.05) is 20.5 Å². The van der Waals surface area contributed by atoms with Crippen molar-refractivity contribution >= 4 is 27.5 Å². The number of rotatable bonds is 1. The van der Waals surface area contributed by atoms with Crippen LogP contribution in [0.2, 0.25) is 5.02 Å². The highest BCUT2D eigenvalue weighted by atomic mass is 79.9. The van der Waals surface area contributed by atoms with Gasteiger partial charge in [0.1, 0.15) is 0 Å². The maximum absolute atomic E-state index is 6.63. The molecule has 0 bridgehead atoms. The molecule has 0 radical (unpaired) electrons. The summed E-state index contributed by atoms with van der Waals surface area (Å²) in [5.41, 5.74) is 7.53. The summed E-state index contributed by atoms with van der Waals surface area (Å²) in [7, 11) is 0. The Balaban J connectivity index is 1.96. The van der Waals surface area contributed by atoms with Gasteiger partial charge in [0.25, 0.3) is 0 Å². The summed E-state index contributed by atoms with van der Waals surface area (Å²) in [5, 5.41) is 0.804. The van der Waals surface area contributed by atoms with Crippen LogP contribution in [-0.2, 0) is 5.41 Å². The van der Waals surface area contributed by atoms with Gasteiger partial charge in [-0.2, -0.15) is 0 Å². The third-order valence-corrected chi connectivity index (χ3v) is 5.67. The maximum atomic E-state index is 6.63. The predicted molar refractivity (Wildman–Crippen MR) is 102 cm³/mol. The summed E-state index contributed by atoms with van der Waals surface area (Å²) >= 11 is 10.1. The Hall–Kier alpha value is -1.57. The monoisotopic (exact) mass is 382 g/mol. The average molecular weight is 384 g/mol. The van der Waals surface area contributed by atoms with E-state index in [0.717, 1.165) is 20.6 Å². The van der Waals surface area contributed by atoms with Gasteiger partial charge in [-0.3, -0.25) is 0 Å². The summed E-state index contributed by atoms with van der Waals surface area (Å²) < 4.78 is 1.08. The van der Waals surface area contributed by atoms with E-state index >= 15 is 0 Å². The fourth-order valence-corrected chi connectivity index (χ4v) is 4.11. The topological polar surface area (TPSA) is 0 Å².